The molecule has 7 heteroatoms. The fraction of sp³-hybridized carbons (Fsp3) is 0.500. The summed E-state index contributed by atoms with van der Waals surface area (Å²) >= 11 is 0. The summed E-state index contributed by atoms with van der Waals surface area (Å²) in [5.41, 5.74) is 1.29. The van der Waals surface area contributed by atoms with Crippen LogP contribution < -0.4 is 16.0 Å². The van der Waals surface area contributed by atoms with E-state index in [9.17, 15) is 9.18 Å². The second-order valence-corrected chi connectivity index (χ2v) is 6.16. The lowest BCUT2D eigenvalue weighted by Crippen LogP contribution is -2.48. The van der Waals surface area contributed by atoms with Crippen LogP contribution in [0.5, 0.6) is 0 Å². The van der Waals surface area contributed by atoms with Gasteiger partial charge in [-0.25, -0.2) is 4.39 Å². The first-order valence-electron chi connectivity index (χ1n) is 7.22. The number of benzene rings is 1. The minimum absolute atomic E-state index is 0. The fourth-order valence-corrected chi connectivity index (χ4v) is 1.85. The van der Waals surface area contributed by atoms with Gasteiger partial charge in [-0.2, -0.15) is 0 Å². The number of aliphatic imine (C=N–C) groups is 1. The van der Waals surface area contributed by atoms with Crippen molar-refractivity contribution in [3.8, 4) is 0 Å². The van der Waals surface area contributed by atoms with Crippen LogP contribution in [0.25, 0.3) is 0 Å². The standard InChI is InChI=1S/C16H25FN4O.HI/c1-11-8-12(6-7-13(11)17)9-19-15(18-5)20-10-14(22)21-16(2,3)4;/h6-8H,9-10H2,1-5H3,(H,21,22)(H2,18,19,20);1H. The predicted octanol–water partition coefficient (Wildman–Crippen LogP) is 2.33. The highest BCUT2D eigenvalue weighted by Crippen LogP contribution is 2.08. The Morgan fingerprint density at radius 2 is 1.91 bits per heavy atom. The van der Waals surface area contributed by atoms with Crippen molar-refractivity contribution in [3.63, 3.8) is 0 Å². The molecule has 0 aliphatic heterocycles. The first kappa shape index (κ1) is 21.6. The minimum atomic E-state index is -0.263. The van der Waals surface area contributed by atoms with Gasteiger partial charge in [0.05, 0.1) is 6.54 Å². The zero-order chi connectivity index (χ0) is 16.8. The van der Waals surface area contributed by atoms with E-state index in [4.69, 9.17) is 0 Å². The van der Waals surface area contributed by atoms with Crippen molar-refractivity contribution in [1.29, 1.82) is 0 Å². The van der Waals surface area contributed by atoms with Gasteiger partial charge in [0.15, 0.2) is 5.96 Å². The van der Waals surface area contributed by atoms with Crippen molar-refractivity contribution in [2.24, 2.45) is 4.99 Å². The monoisotopic (exact) mass is 436 g/mol. The maximum Gasteiger partial charge on any atom is 0.239 e. The number of hydrogen-bond donors (Lipinski definition) is 3. The zero-order valence-corrected chi connectivity index (χ0v) is 16.6. The lowest BCUT2D eigenvalue weighted by Gasteiger charge is -2.21. The Morgan fingerprint density at radius 1 is 1.26 bits per heavy atom. The SMILES string of the molecule is CN=C(NCC(=O)NC(C)(C)C)NCc1ccc(F)c(C)c1.I. The van der Waals surface area contributed by atoms with Crippen LogP contribution in [-0.2, 0) is 11.3 Å². The van der Waals surface area contributed by atoms with Crippen molar-refractivity contribution in [3.05, 3.63) is 35.1 Å². The average molecular weight is 436 g/mol. The van der Waals surface area contributed by atoms with Gasteiger partial charge < -0.3 is 16.0 Å². The Kier molecular flexibility index (Phi) is 9.11. The number of hydrogen-bond acceptors (Lipinski definition) is 2. The second kappa shape index (κ2) is 9.69. The third kappa shape index (κ3) is 8.73. The van der Waals surface area contributed by atoms with Gasteiger partial charge in [-0.05, 0) is 44.9 Å². The van der Waals surface area contributed by atoms with Gasteiger partial charge in [-0.15, -0.1) is 24.0 Å². The van der Waals surface area contributed by atoms with Crippen molar-refractivity contribution >= 4 is 35.8 Å². The van der Waals surface area contributed by atoms with Gasteiger partial charge in [0.25, 0.3) is 0 Å². The summed E-state index contributed by atoms with van der Waals surface area (Å²) in [7, 11) is 1.63. The Balaban J connectivity index is 0.00000484. The van der Waals surface area contributed by atoms with Gasteiger partial charge in [0, 0.05) is 19.1 Å². The molecule has 23 heavy (non-hydrogen) atoms. The molecular weight excluding hydrogens is 410 g/mol. The van der Waals surface area contributed by atoms with E-state index in [0.29, 0.717) is 18.1 Å². The third-order valence-corrected chi connectivity index (χ3v) is 2.84. The van der Waals surface area contributed by atoms with Gasteiger partial charge in [0.2, 0.25) is 5.91 Å². The molecule has 0 spiro atoms. The molecule has 0 saturated heterocycles. The maximum absolute atomic E-state index is 13.2. The molecular formula is C16H26FIN4O. The van der Waals surface area contributed by atoms with E-state index in [1.54, 1.807) is 26.1 Å². The summed E-state index contributed by atoms with van der Waals surface area (Å²) in [6.45, 7) is 8.14. The van der Waals surface area contributed by atoms with E-state index in [1.165, 1.54) is 6.07 Å². The van der Waals surface area contributed by atoms with Gasteiger partial charge in [-0.1, -0.05) is 12.1 Å². The first-order chi connectivity index (χ1) is 10.2. The molecule has 1 aromatic carbocycles. The fourth-order valence-electron chi connectivity index (χ4n) is 1.85. The third-order valence-electron chi connectivity index (χ3n) is 2.84. The van der Waals surface area contributed by atoms with E-state index in [0.717, 1.165) is 5.56 Å². The molecule has 0 fully saturated rings. The van der Waals surface area contributed by atoms with E-state index < -0.39 is 0 Å². The van der Waals surface area contributed by atoms with Gasteiger partial charge in [0.1, 0.15) is 5.82 Å². The number of rotatable bonds is 4. The van der Waals surface area contributed by atoms with Gasteiger partial charge >= 0.3 is 0 Å². The topological polar surface area (TPSA) is 65.5 Å². The number of carbonyl (C=O) groups excluding carboxylic acids is 1. The molecule has 0 aromatic heterocycles. The molecule has 0 bridgehead atoms. The van der Waals surface area contributed by atoms with Crippen LogP contribution in [0.4, 0.5) is 4.39 Å². The molecule has 3 N–H and O–H groups in total. The van der Waals surface area contributed by atoms with E-state index in [-0.39, 0.29) is 47.8 Å². The van der Waals surface area contributed by atoms with E-state index in [2.05, 4.69) is 20.9 Å². The summed E-state index contributed by atoms with van der Waals surface area (Å²) in [6.07, 6.45) is 0. The largest absolute Gasteiger partial charge is 0.352 e. The zero-order valence-electron chi connectivity index (χ0n) is 14.3. The summed E-state index contributed by atoms with van der Waals surface area (Å²) in [5.74, 6) is 0.198. The highest BCUT2D eigenvalue weighted by molar-refractivity contribution is 14.0. The molecule has 130 valence electrons. The number of guanidine groups is 1. The van der Waals surface area contributed by atoms with Crippen LogP contribution in [0.3, 0.4) is 0 Å². The van der Waals surface area contributed by atoms with Crippen LogP contribution in [-0.4, -0.2) is 31.0 Å². The molecule has 1 amide bonds. The normalized spacial score (nSPS) is 11.5. The maximum atomic E-state index is 13.2. The van der Waals surface area contributed by atoms with Crippen molar-refractivity contribution < 1.29 is 9.18 Å². The highest BCUT2D eigenvalue weighted by Gasteiger charge is 2.13. The van der Waals surface area contributed by atoms with Crippen LogP contribution >= 0.6 is 24.0 Å². The summed E-state index contributed by atoms with van der Waals surface area (Å²) in [6, 6.07) is 4.94. The lowest BCUT2D eigenvalue weighted by atomic mass is 10.1. The van der Waals surface area contributed by atoms with Crippen LogP contribution in [0.1, 0.15) is 31.9 Å². The smallest absolute Gasteiger partial charge is 0.239 e. The number of nitrogens with one attached hydrogen (secondary N) is 3. The summed E-state index contributed by atoms with van der Waals surface area (Å²) in [5, 5.41) is 8.89. The second-order valence-electron chi connectivity index (χ2n) is 6.16. The quantitative estimate of drug-likeness (QED) is 0.386. The van der Waals surface area contributed by atoms with Crippen molar-refractivity contribution in [1.82, 2.24) is 16.0 Å². The predicted molar refractivity (Wildman–Crippen MR) is 103 cm³/mol. The number of aryl methyl sites for hydroxylation is 1. The number of nitrogens with zero attached hydrogens (tertiary/aromatic N) is 1. The number of amides is 1. The van der Waals surface area contributed by atoms with Crippen LogP contribution in [0.15, 0.2) is 23.2 Å². The van der Waals surface area contributed by atoms with Crippen molar-refractivity contribution in [2.75, 3.05) is 13.6 Å². The molecule has 0 aliphatic rings. The molecule has 0 atom stereocenters. The number of halogens is 2. The molecule has 1 aromatic rings. The van der Waals surface area contributed by atoms with E-state index in [1.807, 2.05) is 20.8 Å². The molecule has 0 saturated carbocycles. The molecule has 0 radical (unpaired) electrons. The Morgan fingerprint density at radius 3 is 2.43 bits per heavy atom. The number of carbonyl (C=O) groups is 1. The molecule has 0 unspecified atom stereocenters. The first-order valence-corrected chi connectivity index (χ1v) is 7.22. The summed E-state index contributed by atoms with van der Waals surface area (Å²) in [4.78, 5) is 15.8. The lowest BCUT2D eigenvalue weighted by molar-refractivity contribution is -0.121. The van der Waals surface area contributed by atoms with E-state index >= 15 is 0 Å². The molecule has 1 rings (SSSR count). The minimum Gasteiger partial charge on any atom is -0.352 e. The molecule has 0 heterocycles. The Hall–Kier alpha value is -1.38. The van der Waals surface area contributed by atoms with Gasteiger partial charge in [-0.3, -0.25) is 9.79 Å². The van der Waals surface area contributed by atoms with Crippen molar-refractivity contribution in [2.45, 2.75) is 39.8 Å². The molecule has 5 nitrogen and oxygen atoms in total. The van der Waals surface area contributed by atoms with Crippen LogP contribution in [0, 0.1) is 12.7 Å². The highest BCUT2D eigenvalue weighted by atomic mass is 127. The molecule has 0 aliphatic carbocycles. The average Bonchev–Trinajstić information content (AvgIpc) is 2.41. The Labute approximate surface area is 154 Å². The Bertz CT molecular complexity index is 556. The summed E-state index contributed by atoms with van der Waals surface area (Å²) < 4.78 is 13.2. The van der Waals surface area contributed by atoms with Crippen LogP contribution in [0.2, 0.25) is 0 Å².